The molecule has 1 atom stereocenters. The molecule has 0 fully saturated rings. The lowest BCUT2D eigenvalue weighted by Gasteiger charge is -2.26. The molecule has 0 aliphatic carbocycles. The van der Waals surface area contributed by atoms with Gasteiger partial charge in [0.1, 0.15) is 5.75 Å². The number of carbonyl (C=O) groups is 1. The molecule has 1 heterocycles. The molecule has 26 heavy (non-hydrogen) atoms. The average molecular weight is 390 g/mol. The fourth-order valence-electron chi connectivity index (χ4n) is 2.61. The molecule has 0 bridgehead atoms. The number of hydrogen-bond acceptors (Lipinski definition) is 4. The van der Waals surface area contributed by atoms with E-state index in [0.29, 0.717) is 10.8 Å². The zero-order valence-electron chi connectivity index (χ0n) is 14.5. The Balaban J connectivity index is 1.62. The van der Waals surface area contributed by atoms with Crippen molar-refractivity contribution in [3.63, 3.8) is 0 Å². The number of aliphatic hydroxyl groups excluding tert-OH is 1. The summed E-state index contributed by atoms with van der Waals surface area (Å²) in [7, 11) is 0. The third-order valence-electron chi connectivity index (χ3n) is 4.06. The molecule has 0 spiro atoms. The van der Waals surface area contributed by atoms with Crippen LogP contribution in [0.2, 0.25) is 5.02 Å². The molecular formula is C20H20ClNO3S. The van der Waals surface area contributed by atoms with Crippen molar-refractivity contribution in [2.75, 3.05) is 6.54 Å². The van der Waals surface area contributed by atoms with E-state index >= 15 is 0 Å². The van der Waals surface area contributed by atoms with E-state index in [-0.39, 0.29) is 12.5 Å². The Hall–Kier alpha value is -2.08. The predicted molar refractivity (Wildman–Crippen MR) is 106 cm³/mol. The van der Waals surface area contributed by atoms with E-state index in [1.54, 1.807) is 49.4 Å². The number of benzene rings is 2. The SMILES string of the molecule is CC(C)(Oc1ccc(Cl)cc1)C(=O)NCC(O)c1csc2ccccc12. The smallest absolute Gasteiger partial charge is 0.263 e. The maximum absolute atomic E-state index is 12.5. The van der Waals surface area contributed by atoms with Gasteiger partial charge in [-0.2, -0.15) is 0 Å². The van der Waals surface area contributed by atoms with Gasteiger partial charge in [-0.05, 0) is 54.9 Å². The number of hydrogen-bond donors (Lipinski definition) is 2. The van der Waals surface area contributed by atoms with Gasteiger partial charge in [-0.25, -0.2) is 0 Å². The molecule has 0 radical (unpaired) electrons. The van der Waals surface area contributed by atoms with Crippen LogP contribution in [0.5, 0.6) is 5.75 Å². The highest BCUT2D eigenvalue weighted by Gasteiger charge is 2.30. The molecule has 6 heteroatoms. The van der Waals surface area contributed by atoms with E-state index in [2.05, 4.69) is 5.32 Å². The van der Waals surface area contributed by atoms with Gasteiger partial charge >= 0.3 is 0 Å². The van der Waals surface area contributed by atoms with Crippen molar-refractivity contribution in [3.8, 4) is 5.75 Å². The Morgan fingerprint density at radius 2 is 1.92 bits per heavy atom. The highest BCUT2D eigenvalue weighted by molar-refractivity contribution is 7.17. The van der Waals surface area contributed by atoms with Crippen LogP contribution >= 0.6 is 22.9 Å². The second kappa shape index (κ2) is 7.66. The summed E-state index contributed by atoms with van der Waals surface area (Å²) in [6.07, 6.45) is -0.776. The zero-order valence-corrected chi connectivity index (χ0v) is 16.1. The maximum atomic E-state index is 12.5. The minimum Gasteiger partial charge on any atom is -0.478 e. The van der Waals surface area contributed by atoms with Gasteiger partial charge in [0.15, 0.2) is 5.60 Å². The molecule has 0 saturated carbocycles. The number of ether oxygens (including phenoxy) is 1. The summed E-state index contributed by atoms with van der Waals surface area (Å²) in [5, 5.41) is 16.8. The van der Waals surface area contributed by atoms with Gasteiger partial charge in [0.05, 0.1) is 6.10 Å². The quantitative estimate of drug-likeness (QED) is 0.649. The van der Waals surface area contributed by atoms with Gasteiger partial charge in [-0.15, -0.1) is 11.3 Å². The summed E-state index contributed by atoms with van der Waals surface area (Å²) >= 11 is 7.44. The van der Waals surface area contributed by atoms with Crippen molar-refractivity contribution < 1.29 is 14.6 Å². The summed E-state index contributed by atoms with van der Waals surface area (Å²) in [5.74, 6) is 0.255. The molecule has 0 aliphatic rings. The second-order valence-electron chi connectivity index (χ2n) is 6.48. The molecular weight excluding hydrogens is 370 g/mol. The number of thiophene rings is 1. The van der Waals surface area contributed by atoms with Crippen LogP contribution < -0.4 is 10.1 Å². The highest BCUT2D eigenvalue weighted by Crippen LogP contribution is 2.30. The molecule has 4 nitrogen and oxygen atoms in total. The Kier molecular flexibility index (Phi) is 5.51. The number of aliphatic hydroxyl groups is 1. The molecule has 2 aromatic carbocycles. The van der Waals surface area contributed by atoms with Crippen LogP contribution in [0.4, 0.5) is 0 Å². The summed E-state index contributed by atoms with van der Waals surface area (Å²) in [6.45, 7) is 3.49. The second-order valence-corrected chi connectivity index (χ2v) is 7.83. The van der Waals surface area contributed by atoms with Crippen LogP contribution in [-0.2, 0) is 4.79 Å². The Morgan fingerprint density at radius 3 is 2.65 bits per heavy atom. The van der Waals surface area contributed by atoms with E-state index in [0.717, 1.165) is 15.6 Å². The summed E-state index contributed by atoms with van der Waals surface area (Å²) in [4.78, 5) is 12.5. The van der Waals surface area contributed by atoms with Crippen molar-refractivity contribution in [1.82, 2.24) is 5.32 Å². The number of halogens is 1. The van der Waals surface area contributed by atoms with Crippen LogP contribution in [0.3, 0.4) is 0 Å². The van der Waals surface area contributed by atoms with Crippen molar-refractivity contribution in [2.45, 2.75) is 25.6 Å². The predicted octanol–water partition coefficient (Wildman–Crippen LogP) is 4.56. The lowest BCUT2D eigenvalue weighted by Crippen LogP contribution is -2.47. The maximum Gasteiger partial charge on any atom is 0.263 e. The van der Waals surface area contributed by atoms with E-state index in [4.69, 9.17) is 16.3 Å². The van der Waals surface area contributed by atoms with E-state index in [9.17, 15) is 9.90 Å². The average Bonchev–Trinajstić information content (AvgIpc) is 3.05. The number of fused-ring (bicyclic) bond motifs is 1. The topological polar surface area (TPSA) is 58.6 Å². The van der Waals surface area contributed by atoms with Gasteiger partial charge in [0.25, 0.3) is 5.91 Å². The van der Waals surface area contributed by atoms with Crippen molar-refractivity contribution in [2.24, 2.45) is 0 Å². The van der Waals surface area contributed by atoms with E-state index < -0.39 is 11.7 Å². The standard InChI is InChI=1S/C20H20ClNO3S/c1-20(2,25-14-9-7-13(21)8-10-14)19(24)22-11-17(23)16-12-26-18-6-4-3-5-15(16)18/h3-10,12,17,23H,11H2,1-2H3,(H,22,24). The first kappa shape index (κ1) is 18.7. The minimum atomic E-state index is -1.08. The lowest BCUT2D eigenvalue weighted by atomic mass is 10.1. The third-order valence-corrected chi connectivity index (χ3v) is 5.29. The van der Waals surface area contributed by atoms with E-state index in [1.807, 2.05) is 29.6 Å². The molecule has 1 aromatic heterocycles. The third kappa shape index (κ3) is 4.18. The van der Waals surface area contributed by atoms with E-state index in [1.165, 1.54) is 0 Å². The van der Waals surface area contributed by atoms with Crippen LogP contribution in [-0.4, -0.2) is 23.2 Å². The first-order chi connectivity index (χ1) is 12.4. The van der Waals surface area contributed by atoms with Crippen molar-refractivity contribution >= 4 is 38.9 Å². The Morgan fingerprint density at radius 1 is 1.23 bits per heavy atom. The molecule has 0 aliphatic heterocycles. The summed E-state index contributed by atoms with van der Waals surface area (Å²) < 4.78 is 6.87. The van der Waals surface area contributed by atoms with Crippen LogP contribution in [0, 0.1) is 0 Å². The monoisotopic (exact) mass is 389 g/mol. The molecule has 3 aromatic rings. The van der Waals surface area contributed by atoms with Gasteiger partial charge in [-0.1, -0.05) is 29.8 Å². The fourth-order valence-corrected chi connectivity index (χ4v) is 3.75. The van der Waals surface area contributed by atoms with Crippen LogP contribution in [0.15, 0.2) is 53.9 Å². The normalized spacial score (nSPS) is 12.8. The van der Waals surface area contributed by atoms with Gasteiger partial charge in [0, 0.05) is 21.8 Å². The molecule has 3 rings (SSSR count). The molecule has 1 unspecified atom stereocenters. The van der Waals surface area contributed by atoms with Crippen LogP contribution in [0.25, 0.3) is 10.1 Å². The number of carbonyl (C=O) groups excluding carboxylic acids is 1. The van der Waals surface area contributed by atoms with Gasteiger partial charge in [-0.3, -0.25) is 4.79 Å². The first-order valence-electron chi connectivity index (χ1n) is 8.24. The first-order valence-corrected chi connectivity index (χ1v) is 9.49. The van der Waals surface area contributed by atoms with Crippen LogP contribution in [0.1, 0.15) is 25.5 Å². The van der Waals surface area contributed by atoms with Crippen molar-refractivity contribution in [3.05, 3.63) is 64.5 Å². The summed E-state index contributed by atoms with van der Waals surface area (Å²) in [5.41, 5.74) is -0.258. The zero-order chi connectivity index (χ0) is 18.7. The number of amides is 1. The molecule has 0 saturated heterocycles. The molecule has 1 amide bonds. The lowest BCUT2D eigenvalue weighted by molar-refractivity contribution is -0.134. The van der Waals surface area contributed by atoms with Gasteiger partial charge < -0.3 is 15.2 Å². The Bertz CT molecular complexity index is 905. The minimum absolute atomic E-state index is 0.118. The van der Waals surface area contributed by atoms with Crippen molar-refractivity contribution in [1.29, 1.82) is 0 Å². The molecule has 136 valence electrons. The number of rotatable bonds is 6. The largest absolute Gasteiger partial charge is 0.478 e. The van der Waals surface area contributed by atoms with Gasteiger partial charge in [0.2, 0.25) is 0 Å². The fraction of sp³-hybridized carbons (Fsp3) is 0.250. The highest BCUT2D eigenvalue weighted by atomic mass is 35.5. The Labute approximate surface area is 161 Å². The summed E-state index contributed by atoms with van der Waals surface area (Å²) in [6, 6.07) is 14.7. The number of nitrogens with one attached hydrogen (secondary N) is 1. The molecule has 2 N–H and O–H groups in total.